The van der Waals surface area contributed by atoms with E-state index in [1.807, 2.05) is 19.1 Å². The Kier molecular flexibility index (Phi) is 3.72. The van der Waals surface area contributed by atoms with Crippen LogP contribution < -0.4 is 21.1 Å². The van der Waals surface area contributed by atoms with Gasteiger partial charge in [0, 0.05) is 35.6 Å². The first kappa shape index (κ1) is 15.9. The standard InChI is InChI=1S/C18H17N5O3/c1-9-12(7-22-17-16(9)20-2-3-26-17)10-4-11-6-15(23-18(24)25)21-8-13(11)14(19)5-10/h4-8,20H,2-3,19H2,1H3,(H,21,23)(H,24,25). The number of fused-ring (bicyclic) bond motifs is 2. The number of anilines is 3. The van der Waals surface area contributed by atoms with Crippen LogP contribution in [0, 0.1) is 6.92 Å². The number of hydrogen-bond acceptors (Lipinski definition) is 6. The summed E-state index contributed by atoms with van der Waals surface area (Å²) >= 11 is 0. The molecule has 0 aliphatic carbocycles. The van der Waals surface area contributed by atoms with Crippen LogP contribution in [0.5, 0.6) is 5.88 Å². The number of rotatable bonds is 2. The number of ether oxygens (including phenoxy) is 1. The topological polar surface area (TPSA) is 122 Å². The van der Waals surface area contributed by atoms with Crippen LogP contribution in [0.3, 0.4) is 0 Å². The molecule has 8 heteroatoms. The summed E-state index contributed by atoms with van der Waals surface area (Å²) in [5.41, 5.74) is 10.5. The fourth-order valence-electron chi connectivity index (χ4n) is 3.13. The van der Waals surface area contributed by atoms with E-state index >= 15 is 0 Å². The number of carbonyl (C=O) groups is 1. The van der Waals surface area contributed by atoms with Crippen molar-refractivity contribution in [3.05, 3.63) is 36.2 Å². The molecule has 3 heterocycles. The molecule has 8 nitrogen and oxygen atoms in total. The van der Waals surface area contributed by atoms with Gasteiger partial charge in [-0.1, -0.05) is 0 Å². The van der Waals surface area contributed by atoms with Crippen LogP contribution in [-0.2, 0) is 0 Å². The lowest BCUT2D eigenvalue weighted by molar-refractivity contribution is 0.209. The molecular formula is C18H17N5O3. The zero-order valence-electron chi connectivity index (χ0n) is 14.0. The summed E-state index contributed by atoms with van der Waals surface area (Å²) in [6.07, 6.45) is 2.16. The average Bonchev–Trinajstić information content (AvgIpc) is 2.61. The van der Waals surface area contributed by atoms with Gasteiger partial charge in [-0.05, 0) is 41.6 Å². The Balaban J connectivity index is 1.85. The maximum Gasteiger partial charge on any atom is 0.410 e. The molecule has 0 saturated carbocycles. The Hall–Kier alpha value is -3.55. The van der Waals surface area contributed by atoms with Gasteiger partial charge in [0.2, 0.25) is 5.88 Å². The van der Waals surface area contributed by atoms with Gasteiger partial charge in [0.15, 0.2) is 0 Å². The molecule has 0 bridgehead atoms. The van der Waals surface area contributed by atoms with Crippen LogP contribution >= 0.6 is 0 Å². The predicted molar refractivity (Wildman–Crippen MR) is 99.8 cm³/mol. The highest BCUT2D eigenvalue weighted by atomic mass is 16.5. The number of carboxylic acid groups (broad SMARTS) is 1. The van der Waals surface area contributed by atoms with E-state index in [2.05, 4.69) is 20.6 Å². The lowest BCUT2D eigenvalue weighted by Gasteiger charge is -2.21. The third-order valence-corrected chi connectivity index (χ3v) is 4.36. The van der Waals surface area contributed by atoms with Crippen LogP contribution in [0.2, 0.25) is 0 Å². The number of hydrogen-bond donors (Lipinski definition) is 4. The second kappa shape index (κ2) is 6.07. The Labute approximate surface area is 149 Å². The monoisotopic (exact) mass is 351 g/mol. The zero-order chi connectivity index (χ0) is 18.3. The Morgan fingerprint density at radius 1 is 1.31 bits per heavy atom. The molecule has 2 aromatic heterocycles. The highest BCUT2D eigenvalue weighted by Crippen LogP contribution is 2.37. The fraction of sp³-hybridized carbons (Fsp3) is 0.167. The molecule has 0 unspecified atom stereocenters. The van der Waals surface area contributed by atoms with Crippen molar-refractivity contribution in [2.75, 3.05) is 29.5 Å². The number of aromatic nitrogens is 2. The van der Waals surface area contributed by atoms with Crippen molar-refractivity contribution in [3.63, 3.8) is 0 Å². The third-order valence-electron chi connectivity index (χ3n) is 4.36. The largest absolute Gasteiger partial charge is 0.474 e. The molecule has 0 radical (unpaired) electrons. The van der Waals surface area contributed by atoms with Gasteiger partial charge in [0.1, 0.15) is 18.1 Å². The normalized spacial score (nSPS) is 12.8. The van der Waals surface area contributed by atoms with E-state index in [4.69, 9.17) is 15.6 Å². The number of nitrogens with one attached hydrogen (secondary N) is 2. The number of amides is 1. The summed E-state index contributed by atoms with van der Waals surface area (Å²) < 4.78 is 5.57. The molecule has 1 amide bonds. The molecule has 4 rings (SSSR count). The molecular weight excluding hydrogens is 334 g/mol. The van der Waals surface area contributed by atoms with Crippen LogP contribution in [0.25, 0.3) is 21.9 Å². The minimum Gasteiger partial charge on any atom is -0.474 e. The van der Waals surface area contributed by atoms with Gasteiger partial charge in [-0.3, -0.25) is 5.32 Å². The van der Waals surface area contributed by atoms with Crippen molar-refractivity contribution in [1.29, 1.82) is 0 Å². The highest BCUT2D eigenvalue weighted by molar-refractivity contribution is 5.99. The molecule has 0 atom stereocenters. The van der Waals surface area contributed by atoms with Crippen LogP contribution in [0.4, 0.5) is 22.0 Å². The van der Waals surface area contributed by atoms with Crippen molar-refractivity contribution in [3.8, 4) is 17.0 Å². The highest BCUT2D eigenvalue weighted by Gasteiger charge is 2.17. The molecule has 0 fully saturated rings. The van der Waals surface area contributed by atoms with E-state index in [0.29, 0.717) is 18.2 Å². The summed E-state index contributed by atoms with van der Waals surface area (Å²) in [7, 11) is 0. The number of pyridine rings is 2. The predicted octanol–water partition coefficient (Wildman–Crippen LogP) is 3.08. The first-order valence-corrected chi connectivity index (χ1v) is 8.09. The van der Waals surface area contributed by atoms with E-state index in [1.165, 1.54) is 0 Å². The summed E-state index contributed by atoms with van der Waals surface area (Å²) in [5, 5.41) is 16.0. The minimum atomic E-state index is -1.17. The first-order valence-electron chi connectivity index (χ1n) is 8.09. The quantitative estimate of drug-likeness (QED) is 0.523. The molecule has 26 heavy (non-hydrogen) atoms. The van der Waals surface area contributed by atoms with Gasteiger partial charge >= 0.3 is 6.09 Å². The number of nitrogens with zero attached hydrogens (tertiary/aromatic N) is 2. The minimum absolute atomic E-state index is 0.247. The molecule has 1 aromatic carbocycles. The van der Waals surface area contributed by atoms with Gasteiger partial charge in [0.25, 0.3) is 0 Å². The Morgan fingerprint density at radius 2 is 2.15 bits per heavy atom. The Bertz CT molecular complexity index is 1040. The molecule has 3 aromatic rings. The summed E-state index contributed by atoms with van der Waals surface area (Å²) in [6.45, 7) is 3.32. The van der Waals surface area contributed by atoms with Crippen LogP contribution in [-0.4, -0.2) is 34.3 Å². The average molecular weight is 351 g/mol. The van der Waals surface area contributed by atoms with Gasteiger partial charge < -0.3 is 20.9 Å². The van der Waals surface area contributed by atoms with Gasteiger partial charge in [-0.25, -0.2) is 14.8 Å². The summed E-state index contributed by atoms with van der Waals surface area (Å²) in [5.74, 6) is 0.848. The van der Waals surface area contributed by atoms with E-state index in [0.717, 1.165) is 39.7 Å². The van der Waals surface area contributed by atoms with E-state index in [1.54, 1.807) is 18.5 Å². The maximum absolute atomic E-state index is 10.8. The second-order valence-corrected chi connectivity index (χ2v) is 6.04. The first-order chi connectivity index (χ1) is 12.5. The summed E-state index contributed by atoms with van der Waals surface area (Å²) in [4.78, 5) is 19.3. The van der Waals surface area contributed by atoms with Gasteiger partial charge in [-0.2, -0.15) is 0 Å². The van der Waals surface area contributed by atoms with E-state index in [9.17, 15) is 4.79 Å². The molecule has 1 aliphatic rings. The number of benzene rings is 1. The molecule has 132 valence electrons. The lowest BCUT2D eigenvalue weighted by atomic mass is 9.98. The second-order valence-electron chi connectivity index (χ2n) is 6.04. The lowest BCUT2D eigenvalue weighted by Crippen LogP contribution is -2.20. The maximum atomic E-state index is 10.8. The number of nitrogens with two attached hydrogens (primary N) is 1. The van der Waals surface area contributed by atoms with Crippen LogP contribution in [0.1, 0.15) is 5.56 Å². The zero-order valence-corrected chi connectivity index (χ0v) is 14.0. The van der Waals surface area contributed by atoms with Crippen LogP contribution in [0.15, 0.2) is 30.6 Å². The van der Waals surface area contributed by atoms with E-state index < -0.39 is 6.09 Å². The molecule has 5 N–H and O–H groups in total. The third kappa shape index (κ3) is 2.71. The van der Waals surface area contributed by atoms with Gasteiger partial charge in [-0.15, -0.1) is 0 Å². The van der Waals surface area contributed by atoms with E-state index in [-0.39, 0.29) is 5.82 Å². The molecule has 0 saturated heterocycles. The van der Waals surface area contributed by atoms with Crippen molar-refractivity contribution < 1.29 is 14.6 Å². The number of nitrogen functional groups attached to an aromatic ring is 1. The van der Waals surface area contributed by atoms with Crippen molar-refractivity contribution in [2.45, 2.75) is 6.92 Å². The fourth-order valence-corrected chi connectivity index (χ4v) is 3.13. The summed E-state index contributed by atoms with van der Waals surface area (Å²) in [6, 6.07) is 5.47. The van der Waals surface area contributed by atoms with Gasteiger partial charge in [0.05, 0.1) is 0 Å². The smallest absolute Gasteiger partial charge is 0.410 e. The van der Waals surface area contributed by atoms with Crippen molar-refractivity contribution in [1.82, 2.24) is 9.97 Å². The van der Waals surface area contributed by atoms with Crippen molar-refractivity contribution in [2.24, 2.45) is 0 Å². The SMILES string of the molecule is Cc1c(-c2cc(N)c3cnc(NC(=O)O)cc3c2)cnc2c1NCCO2. The molecule has 0 spiro atoms. The molecule has 1 aliphatic heterocycles. The van der Waals surface area contributed by atoms with Crippen molar-refractivity contribution >= 4 is 34.1 Å². The Morgan fingerprint density at radius 3 is 2.96 bits per heavy atom.